The van der Waals surface area contributed by atoms with Gasteiger partial charge in [0.05, 0.1) is 6.10 Å². The lowest BCUT2D eigenvalue weighted by atomic mass is 9.87. The monoisotopic (exact) mass is 326 g/mol. The Bertz CT molecular complexity index is 658. The van der Waals surface area contributed by atoms with Crippen LogP contribution in [0.2, 0.25) is 0 Å². The van der Waals surface area contributed by atoms with Gasteiger partial charge in [0.15, 0.2) is 0 Å². The molecule has 0 radical (unpaired) electrons. The van der Waals surface area contributed by atoms with Crippen LogP contribution in [0, 0.1) is 30.1 Å². The number of aliphatic hydroxyl groups is 1. The topological polar surface area (TPSA) is 64.3 Å². The molecule has 0 aliphatic carbocycles. The van der Waals surface area contributed by atoms with Gasteiger partial charge in [-0.15, -0.1) is 0 Å². The van der Waals surface area contributed by atoms with Crippen molar-refractivity contribution < 1.29 is 9.90 Å². The van der Waals surface area contributed by atoms with E-state index in [1.807, 2.05) is 26.0 Å². The minimum Gasteiger partial charge on any atom is -0.391 e. The lowest BCUT2D eigenvalue weighted by molar-refractivity contribution is -0.131. The number of hydrogen-bond donors (Lipinski definition) is 1. The number of nitrogens with zero attached hydrogens (tertiary/aromatic N) is 2. The molecule has 0 aromatic heterocycles. The van der Waals surface area contributed by atoms with Crippen molar-refractivity contribution in [3.05, 3.63) is 47.0 Å². The van der Waals surface area contributed by atoms with Crippen LogP contribution in [0.4, 0.5) is 0 Å². The molecule has 0 saturated carbocycles. The predicted molar refractivity (Wildman–Crippen MR) is 94.1 cm³/mol. The number of hydrogen-bond acceptors (Lipinski definition) is 3. The first-order valence-corrected chi connectivity index (χ1v) is 8.55. The Morgan fingerprint density at radius 3 is 2.83 bits per heavy atom. The molecule has 1 fully saturated rings. The lowest BCUT2D eigenvalue weighted by Crippen LogP contribution is -2.47. The smallest absolute Gasteiger partial charge is 0.264 e. The number of allylic oxidation sites excluding steroid dienone is 1. The standard InChI is InChI=1S/C20H26N2O2/c1-14(2)9-18(12-21)20(24)22-8-7-17(19(23)13-22)11-16-6-4-5-15(3)10-16/h4-6,9-10,14,17,19,23H,7-8,11,13H2,1-3H3/t17-,19-/m1/s1. The Morgan fingerprint density at radius 2 is 2.25 bits per heavy atom. The molecule has 4 nitrogen and oxygen atoms in total. The van der Waals surface area contributed by atoms with E-state index >= 15 is 0 Å². The van der Waals surface area contributed by atoms with E-state index < -0.39 is 6.10 Å². The van der Waals surface area contributed by atoms with Crippen LogP contribution in [-0.2, 0) is 11.2 Å². The molecule has 1 aromatic rings. The number of β-amino-alcohol motifs (C(OH)–C–C–N with tert-alkyl or cyclic N) is 1. The molecule has 1 aromatic carbocycles. The van der Waals surface area contributed by atoms with Gasteiger partial charge in [0.2, 0.25) is 0 Å². The number of benzene rings is 1. The van der Waals surface area contributed by atoms with E-state index in [1.165, 1.54) is 11.1 Å². The van der Waals surface area contributed by atoms with Crippen molar-refractivity contribution in [1.82, 2.24) is 4.90 Å². The van der Waals surface area contributed by atoms with E-state index in [0.29, 0.717) is 13.1 Å². The molecule has 2 atom stereocenters. The number of likely N-dealkylation sites (tertiary alicyclic amines) is 1. The van der Waals surface area contributed by atoms with E-state index in [0.717, 1.165) is 12.8 Å². The Morgan fingerprint density at radius 1 is 1.50 bits per heavy atom. The molecule has 128 valence electrons. The van der Waals surface area contributed by atoms with Crippen LogP contribution in [0.5, 0.6) is 0 Å². The quantitative estimate of drug-likeness (QED) is 0.683. The zero-order valence-electron chi connectivity index (χ0n) is 14.7. The molecule has 1 saturated heterocycles. The third-order valence-corrected chi connectivity index (χ3v) is 4.44. The largest absolute Gasteiger partial charge is 0.391 e. The van der Waals surface area contributed by atoms with Crippen LogP contribution in [0.25, 0.3) is 0 Å². The Balaban J connectivity index is 2.00. The first-order chi connectivity index (χ1) is 11.4. The Hall–Kier alpha value is -2.12. The van der Waals surface area contributed by atoms with Crippen molar-refractivity contribution in [1.29, 1.82) is 5.26 Å². The van der Waals surface area contributed by atoms with Gasteiger partial charge >= 0.3 is 0 Å². The average molecular weight is 326 g/mol. The van der Waals surface area contributed by atoms with Gasteiger partial charge in [0.1, 0.15) is 11.6 Å². The average Bonchev–Trinajstić information content (AvgIpc) is 2.53. The zero-order chi connectivity index (χ0) is 17.7. The number of nitriles is 1. The summed E-state index contributed by atoms with van der Waals surface area (Å²) in [5.74, 6) is 0.0297. The summed E-state index contributed by atoms with van der Waals surface area (Å²) in [6.45, 7) is 6.82. The van der Waals surface area contributed by atoms with Crippen LogP contribution in [0.1, 0.15) is 31.4 Å². The molecule has 4 heteroatoms. The number of rotatable bonds is 4. The minimum atomic E-state index is -0.554. The first kappa shape index (κ1) is 18.2. The molecule has 1 aliphatic heterocycles. The zero-order valence-corrected chi connectivity index (χ0v) is 14.7. The van der Waals surface area contributed by atoms with Crippen molar-refractivity contribution in [3.63, 3.8) is 0 Å². The molecule has 2 rings (SSSR count). The Kier molecular flexibility index (Phi) is 6.16. The molecule has 1 N–H and O–H groups in total. The number of aliphatic hydroxyl groups excluding tert-OH is 1. The SMILES string of the molecule is Cc1cccc(C[C@H]2CCN(C(=O)C(C#N)=CC(C)C)C[C@H]2O)c1. The summed E-state index contributed by atoms with van der Waals surface area (Å²) in [6.07, 6.45) is 2.70. The molecular formula is C20H26N2O2. The molecule has 1 amide bonds. The number of piperidine rings is 1. The second-order valence-electron chi connectivity index (χ2n) is 7.00. The van der Waals surface area contributed by atoms with E-state index in [2.05, 4.69) is 25.1 Å². The van der Waals surface area contributed by atoms with Crippen molar-refractivity contribution in [2.24, 2.45) is 11.8 Å². The van der Waals surface area contributed by atoms with Crippen LogP contribution < -0.4 is 0 Å². The summed E-state index contributed by atoms with van der Waals surface area (Å²) in [7, 11) is 0. The first-order valence-electron chi connectivity index (χ1n) is 8.55. The fraction of sp³-hybridized carbons (Fsp3) is 0.500. The highest BCUT2D eigenvalue weighted by atomic mass is 16.3. The minimum absolute atomic E-state index is 0.146. The van der Waals surface area contributed by atoms with Crippen LogP contribution in [-0.4, -0.2) is 35.1 Å². The van der Waals surface area contributed by atoms with Gasteiger partial charge in [-0.05, 0) is 37.2 Å². The molecule has 0 bridgehead atoms. The second-order valence-corrected chi connectivity index (χ2v) is 7.00. The molecule has 1 aliphatic rings. The molecular weight excluding hydrogens is 300 g/mol. The highest BCUT2D eigenvalue weighted by Crippen LogP contribution is 2.24. The predicted octanol–water partition coefficient (Wildman–Crippen LogP) is 2.85. The fourth-order valence-corrected chi connectivity index (χ4v) is 3.20. The maximum absolute atomic E-state index is 12.4. The van der Waals surface area contributed by atoms with Crippen molar-refractivity contribution >= 4 is 5.91 Å². The number of aryl methyl sites for hydroxylation is 1. The third-order valence-electron chi connectivity index (χ3n) is 4.44. The van der Waals surface area contributed by atoms with Crippen LogP contribution >= 0.6 is 0 Å². The summed E-state index contributed by atoms with van der Waals surface area (Å²) in [4.78, 5) is 14.1. The summed E-state index contributed by atoms with van der Waals surface area (Å²) in [5, 5.41) is 19.6. The Labute approximate surface area is 144 Å². The second kappa shape index (κ2) is 8.12. The van der Waals surface area contributed by atoms with Crippen LogP contribution in [0.15, 0.2) is 35.9 Å². The highest BCUT2D eigenvalue weighted by Gasteiger charge is 2.31. The number of carbonyl (C=O) groups excluding carboxylic acids is 1. The number of carbonyl (C=O) groups is 1. The van der Waals surface area contributed by atoms with Crippen molar-refractivity contribution in [2.75, 3.05) is 13.1 Å². The van der Waals surface area contributed by atoms with E-state index in [1.54, 1.807) is 11.0 Å². The fourth-order valence-electron chi connectivity index (χ4n) is 3.20. The van der Waals surface area contributed by atoms with E-state index in [-0.39, 0.29) is 23.3 Å². The summed E-state index contributed by atoms with van der Waals surface area (Å²) in [5.41, 5.74) is 2.61. The van der Waals surface area contributed by atoms with Gasteiger partial charge in [0, 0.05) is 13.1 Å². The maximum atomic E-state index is 12.4. The lowest BCUT2D eigenvalue weighted by Gasteiger charge is -2.36. The van der Waals surface area contributed by atoms with Gasteiger partial charge in [-0.1, -0.05) is 49.8 Å². The van der Waals surface area contributed by atoms with Gasteiger partial charge in [0.25, 0.3) is 5.91 Å². The van der Waals surface area contributed by atoms with Gasteiger partial charge < -0.3 is 10.0 Å². The molecule has 24 heavy (non-hydrogen) atoms. The van der Waals surface area contributed by atoms with Gasteiger partial charge in [-0.3, -0.25) is 4.79 Å². The van der Waals surface area contributed by atoms with Crippen molar-refractivity contribution in [2.45, 2.75) is 39.7 Å². The van der Waals surface area contributed by atoms with Gasteiger partial charge in [-0.25, -0.2) is 0 Å². The van der Waals surface area contributed by atoms with E-state index in [9.17, 15) is 15.2 Å². The highest BCUT2D eigenvalue weighted by molar-refractivity contribution is 5.97. The maximum Gasteiger partial charge on any atom is 0.264 e. The molecule has 1 heterocycles. The van der Waals surface area contributed by atoms with Crippen LogP contribution in [0.3, 0.4) is 0 Å². The van der Waals surface area contributed by atoms with Crippen molar-refractivity contribution in [3.8, 4) is 6.07 Å². The summed E-state index contributed by atoms with van der Waals surface area (Å²) < 4.78 is 0. The normalized spacial score (nSPS) is 21.7. The third kappa shape index (κ3) is 4.69. The van der Waals surface area contributed by atoms with E-state index in [4.69, 9.17) is 0 Å². The number of amides is 1. The van der Waals surface area contributed by atoms with Gasteiger partial charge in [-0.2, -0.15) is 5.26 Å². The summed E-state index contributed by atoms with van der Waals surface area (Å²) in [6, 6.07) is 10.3. The molecule has 0 unspecified atom stereocenters. The summed E-state index contributed by atoms with van der Waals surface area (Å²) >= 11 is 0. The molecule has 0 spiro atoms.